The molecule has 84 valence electrons. The first kappa shape index (κ1) is 11.9. The van der Waals surface area contributed by atoms with Crippen LogP contribution in [0.15, 0.2) is 18.2 Å². The van der Waals surface area contributed by atoms with Crippen LogP contribution in [0, 0.1) is 5.92 Å². The molecule has 0 fully saturated rings. The summed E-state index contributed by atoms with van der Waals surface area (Å²) in [4.78, 5) is 0. The minimum atomic E-state index is -4.32. The summed E-state index contributed by atoms with van der Waals surface area (Å²) in [7, 11) is 0. The first-order valence-electron chi connectivity index (χ1n) is 4.76. The van der Waals surface area contributed by atoms with Crippen molar-refractivity contribution < 1.29 is 13.2 Å². The van der Waals surface area contributed by atoms with Crippen LogP contribution in [0.4, 0.5) is 18.9 Å². The van der Waals surface area contributed by atoms with Crippen molar-refractivity contribution >= 4 is 5.69 Å². The molecule has 0 amide bonds. The minimum Gasteiger partial charge on any atom is -0.399 e. The molecule has 0 heterocycles. The largest absolute Gasteiger partial charge is 0.416 e. The van der Waals surface area contributed by atoms with Gasteiger partial charge >= 0.3 is 6.18 Å². The smallest absolute Gasteiger partial charge is 0.399 e. The minimum absolute atomic E-state index is 0.148. The fourth-order valence-corrected chi connectivity index (χ4v) is 1.48. The highest BCUT2D eigenvalue weighted by Crippen LogP contribution is 2.34. The highest BCUT2D eigenvalue weighted by Gasteiger charge is 2.33. The van der Waals surface area contributed by atoms with Crippen LogP contribution in [0.5, 0.6) is 0 Å². The average Bonchev–Trinajstić information content (AvgIpc) is 2.05. The van der Waals surface area contributed by atoms with Crippen molar-refractivity contribution in [3.63, 3.8) is 0 Å². The summed E-state index contributed by atoms with van der Waals surface area (Å²) in [6.07, 6.45) is -3.91. The van der Waals surface area contributed by atoms with E-state index in [1.54, 1.807) is 0 Å². The Labute approximate surface area is 87.1 Å². The number of benzene rings is 1. The molecular weight excluding hydrogens is 203 g/mol. The molecule has 4 heteroatoms. The molecule has 15 heavy (non-hydrogen) atoms. The third kappa shape index (κ3) is 3.15. The third-order valence-corrected chi connectivity index (χ3v) is 2.07. The summed E-state index contributed by atoms with van der Waals surface area (Å²) in [5, 5.41) is 0. The molecule has 1 aromatic rings. The molecule has 0 unspecified atom stereocenters. The summed E-state index contributed by atoms with van der Waals surface area (Å²) in [5.74, 6) is 0.190. The molecule has 0 saturated carbocycles. The lowest BCUT2D eigenvalue weighted by Gasteiger charge is -2.14. The van der Waals surface area contributed by atoms with Crippen LogP contribution in [-0.4, -0.2) is 0 Å². The molecule has 0 radical (unpaired) electrons. The van der Waals surface area contributed by atoms with E-state index in [0.29, 0.717) is 12.0 Å². The third-order valence-electron chi connectivity index (χ3n) is 2.07. The van der Waals surface area contributed by atoms with Crippen molar-refractivity contribution in [3.05, 3.63) is 29.3 Å². The fourth-order valence-electron chi connectivity index (χ4n) is 1.48. The van der Waals surface area contributed by atoms with E-state index in [2.05, 4.69) is 0 Å². The topological polar surface area (TPSA) is 26.0 Å². The first-order chi connectivity index (χ1) is 6.80. The molecule has 0 atom stereocenters. The Morgan fingerprint density at radius 1 is 1.27 bits per heavy atom. The predicted octanol–water partition coefficient (Wildman–Crippen LogP) is 3.49. The zero-order valence-corrected chi connectivity index (χ0v) is 8.73. The average molecular weight is 217 g/mol. The molecule has 0 bridgehead atoms. The second-order valence-corrected chi connectivity index (χ2v) is 4.01. The van der Waals surface area contributed by atoms with E-state index < -0.39 is 11.7 Å². The Morgan fingerprint density at radius 2 is 1.87 bits per heavy atom. The molecule has 0 aromatic heterocycles. The predicted molar refractivity (Wildman–Crippen MR) is 54.4 cm³/mol. The van der Waals surface area contributed by atoms with Gasteiger partial charge in [0.1, 0.15) is 0 Å². The number of nitrogen functional groups attached to an aromatic ring is 1. The Kier molecular flexibility index (Phi) is 3.27. The lowest BCUT2D eigenvalue weighted by atomic mass is 9.97. The van der Waals surface area contributed by atoms with Gasteiger partial charge in [-0.1, -0.05) is 19.9 Å². The number of hydrogen-bond donors (Lipinski definition) is 1. The quantitative estimate of drug-likeness (QED) is 0.754. The van der Waals surface area contributed by atoms with E-state index >= 15 is 0 Å². The van der Waals surface area contributed by atoms with Gasteiger partial charge < -0.3 is 5.73 Å². The highest BCUT2D eigenvalue weighted by molar-refractivity contribution is 5.46. The lowest BCUT2D eigenvalue weighted by Crippen LogP contribution is -2.11. The van der Waals surface area contributed by atoms with Gasteiger partial charge in [-0.3, -0.25) is 0 Å². The molecule has 1 nitrogen and oxygen atoms in total. The molecular formula is C11H14F3N. The summed E-state index contributed by atoms with van der Waals surface area (Å²) in [5.41, 5.74) is 5.20. The van der Waals surface area contributed by atoms with Crippen LogP contribution < -0.4 is 5.73 Å². The molecule has 0 saturated heterocycles. The molecule has 1 rings (SSSR count). The van der Waals surface area contributed by atoms with Gasteiger partial charge in [-0.05, 0) is 30.0 Å². The maximum Gasteiger partial charge on any atom is 0.416 e. The Hall–Kier alpha value is -1.19. The zero-order chi connectivity index (χ0) is 11.6. The molecule has 0 aliphatic rings. The van der Waals surface area contributed by atoms with Gasteiger partial charge in [0.05, 0.1) is 5.56 Å². The number of nitrogens with two attached hydrogens (primary N) is 1. The summed E-state index contributed by atoms with van der Waals surface area (Å²) in [6.45, 7) is 3.77. The number of alkyl halides is 3. The van der Waals surface area contributed by atoms with Crippen LogP contribution in [0.1, 0.15) is 25.0 Å². The van der Waals surface area contributed by atoms with Crippen molar-refractivity contribution in [3.8, 4) is 0 Å². The van der Waals surface area contributed by atoms with E-state index in [4.69, 9.17) is 5.73 Å². The zero-order valence-electron chi connectivity index (χ0n) is 8.73. The standard InChI is InChI=1S/C11H14F3N/c1-7(2)5-8-3-4-9(15)6-10(8)11(12,13)14/h3-4,6-7H,5,15H2,1-2H3. The summed E-state index contributed by atoms with van der Waals surface area (Å²) in [6, 6.07) is 3.96. The normalized spacial score (nSPS) is 12.1. The molecule has 0 spiro atoms. The van der Waals surface area contributed by atoms with Gasteiger partial charge in [0, 0.05) is 5.69 Å². The van der Waals surface area contributed by atoms with Gasteiger partial charge in [0.15, 0.2) is 0 Å². The van der Waals surface area contributed by atoms with Crippen molar-refractivity contribution in [1.82, 2.24) is 0 Å². The van der Waals surface area contributed by atoms with Crippen molar-refractivity contribution in [2.45, 2.75) is 26.4 Å². The van der Waals surface area contributed by atoms with Crippen LogP contribution in [0.25, 0.3) is 0 Å². The van der Waals surface area contributed by atoms with E-state index in [0.717, 1.165) is 6.07 Å². The van der Waals surface area contributed by atoms with Gasteiger partial charge in [0.25, 0.3) is 0 Å². The summed E-state index contributed by atoms with van der Waals surface area (Å²) >= 11 is 0. The van der Waals surface area contributed by atoms with E-state index in [-0.39, 0.29) is 11.6 Å². The Bertz CT molecular complexity index is 342. The number of hydrogen-bond acceptors (Lipinski definition) is 1. The second-order valence-electron chi connectivity index (χ2n) is 4.01. The van der Waals surface area contributed by atoms with Gasteiger partial charge in [-0.2, -0.15) is 13.2 Å². The number of halogens is 3. The molecule has 0 aliphatic carbocycles. The van der Waals surface area contributed by atoms with E-state index in [1.807, 2.05) is 13.8 Å². The second kappa shape index (κ2) is 4.13. The van der Waals surface area contributed by atoms with Crippen LogP contribution in [0.3, 0.4) is 0 Å². The fraction of sp³-hybridized carbons (Fsp3) is 0.455. The van der Waals surface area contributed by atoms with E-state index in [1.165, 1.54) is 12.1 Å². The maximum atomic E-state index is 12.6. The maximum absolute atomic E-state index is 12.6. The Morgan fingerprint density at radius 3 is 2.33 bits per heavy atom. The number of rotatable bonds is 2. The lowest BCUT2D eigenvalue weighted by molar-refractivity contribution is -0.138. The first-order valence-corrected chi connectivity index (χ1v) is 4.76. The Balaban J connectivity index is 3.15. The molecule has 1 aromatic carbocycles. The van der Waals surface area contributed by atoms with Gasteiger partial charge in [0.2, 0.25) is 0 Å². The van der Waals surface area contributed by atoms with Crippen LogP contribution in [0.2, 0.25) is 0 Å². The number of anilines is 1. The van der Waals surface area contributed by atoms with Crippen molar-refractivity contribution in [1.29, 1.82) is 0 Å². The van der Waals surface area contributed by atoms with Crippen molar-refractivity contribution in [2.24, 2.45) is 5.92 Å². The SMILES string of the molecule is CC(C)Cc1ccc(N)cc1C(F)(F)F. The van der Waals surface area contributed by atoms with Gasteiger partial charge in [-0.25, -0.2) is 0 Å². The monoisotopic (exact) mass is 217 g/mol. The van der Waals surface area contributed by atoms with Gasteiger partial charge in [-0.15, -0.1) is 0 Å². The van der Waals surface area contributed by atoms with E-state index in [9.17, 15) is 13.2 Å². The molecule has 0 aliphatic heterocycles. The van der Waals surface area contributed by atoms with Crippen LogP contribution >= 0.6 is 0 Å². The van der Waals surface area contributed by atoms with Crippen LogP contribution in [-0.2, 0) is 12.6 Å². The highest BCUT2D eigenvalue weighted by atomic mass is 19.4. The molecule has 2 N–H and O–H groups in total. The summed E-state index contributed by atoms with van der Waals surface area (Å²) < 4.78 is 37.9. The van der Waals surface area contributed by atoms with Crippen molar-refractivity contribution in [2.75, 3.05) is 5.73 Å².